The van der Waals surface area contributed by atoms with Crippen LogP contribution in [-0.4, -0.2) is 19.0 Å². The molecule has 0 aromatic heterocycles. The van der Waals surface area contributed by atoms with Crippen LogP contribution >= 0.6 is 0 Å². The van der Waals surface area contributed by atoms with Crippen molar-refractivity contribution in [2.45, 2.75) is 25.7 Å². The van der Waals surface area contributed by atoms with E-state index in [4.69, 9.17) is 0 Å². The van der Waals surface area contributed by atoms with Gasteiger partial charge >= 0.3 is 0 Å². The molecular formula is C13H15FN2O. The van der Waals surface area contributed by atoms with Gasteiger partial charge in [0.1, 0.15) is 5.82 Å². The number of hydrogen-bond acceptors (Lipinski definition) is 2. The van der Waals surface area contributed by atoms with Crippen LogP contribution in [0.3, 0.4) is 0 Å². The molecule has 0 radical (unpaired) electrons. The molecule has 2 aliphatic heterocycles. The van der Waals surface area contributed by atoms with Crippen LogP contribution in [0.1, 0.15) is 24.8 Å². The summed E-state index contributed by atoms with van der Waals surface area (Å²) < 4.78 is 13.9. The fraction of sp³-hybridized carbons (Fsp3) is 0.462. The van der Waals surface area contributed by atoms with Crippen molar-refractivity contribution in [1.29, 1.82) is 0 Å². The molecule has 1 saturated heterocycles. The number of benzene rings is 1. The number of nitrogens with one attached hydrogen (secondary N) is 1. The minimum absolute atomic E-state index is 0.0923. The minimum Gasteiger partial charge on any atom is -0.371 e. The van der Waals surface area contributed by atoms with Gasteiger partial charge in [-0.25, -0.2) is 4.39 Å². The number of fused-ring (bicyclic) bond motifs is 1. The zero-order chi connectivity index (χ0) is 11.8. The predicted molar refractivity (Wildman–Crippen MR) is 64.8 cm³/mol. The van der Waals surface area contributed by atoms with Crippen molar-refractivity contribution in [3.63, 3.8) is 0 Å². The average molecular weight is 234 g/mol. The van der Waals surface area contributed by atoms with Crippen molar-refractivity contribution in [3.05, 3.63) is 23.5 Å². The number of nitrogens with zero attached hydrogens (tertiary/aromatic N) is 1. The van der Waals surface area contributed by atoms with Gasteiger partial charge in [0.05, 0.1) is 5.69 Å². The molecule has 0 atom stereocenters. The van der Waals surface area contributed by atoms with Crippen LogP contribution in [0.2, 0.25) is 0 Å². The number of rotatable bonds is 1. The first-order valence-electron chi connectivity index (χ1n) is 6.11. The summed E-state index contributed by atoms with van der Waals surface area (Å²) in [4.78, 5) is 13.4. The highest BCUT2D eigenvalue weighted by molar-refractivity contribution is 5.94. The van der Waals surface area contributed by atoms with Crippen molar-refractivity contribution >= 4 is 17.3 Å². The summed E-state index contributed by atoms with van der Waals surface area (Å²) in [6.45, 7) is 2.01. The average Bonchev–Trinajstić information content (AvgIpc) is 2.83. The van der Waals surface area contributed by atoms with Crippen molar-refractivity contribution in [3.8, 4) is 0 Å². The lowest BCUT2D eigenvalue weighted by Gasteiger charge is -2.23. The molecule has 0 aliphatic carbocycles. The Balaban J connectivity index is 1.98. The smallest absolute Gasteiger partial charge is 0.224 e. The van der Waals surface area contributed by atoms with Crippen LogP contribution in [0.5, 0.6) is 0 Å². The van der Waals surface area contributed by atoms with Gasteiger partial charge in [0.15, 0.2) is 0 Å². The lowest BCUT2D eigenvalue weighted by atomic mass is 10.0. The molecule has 2 heterocycles. The lowest BCUT2D eigenvalue weighted by Crippen LogP contribution is -2.22. The highest BCUT2D eigenvalue weighted by Crippen LogP contribution is 2.31. The maximum atomic E-state index is 13.9. The van der Waals surface area contributed by atoms with Crippen LogP contribution in [0.25, 0.3) is 0 Å². The largest absolute Gasteiger partial charge is 0.371 e. The van der Waals surface area contributed by atoms with E-state index in [9.17, 15) is 9.18 Å². The number of carbonyl (C=O) groups excluding carboxylic acids is 1. The molecule has 1 aromatic carbocycles. The summed E-state index contributed by atoms with van der Waals surface area (Å²) in [5, 5.41) is 2.61. The molecule has 0 spiro atoms. The second-order valence-corrected chi connectivity index (χ2v) is 4.70. The van der Waals surface area contributed by atoms with Gasteiger partial charge in [-0.3, -0.25) is 4.79 Å². The Labute approximate surface area is 99.6 Å². The van der Waals surface area contributed by atoms with Gasteiger partial charge in [-0.2, -0.15) is 0 Å². The Morgan fingerprint density at radius 2 is 1.94 bits per heavy atom. The van der Waals surface area contributed by atoms with Gasteiger partial charge in [-0.1, -0.05) is 0 Å². The Morgan fingerprint density at radius 1 is 1.18 bits per heavy atom. The van der Waals surface area contributed by atoms with E-state index in [1.165, 1.54) is 18.9 Å². The molecule has 1 N–H and O–H groups in total. The van der Waals surface area contributed by atoms with Gasteiger partial charge < -0.3 is 10.2 Å². The quantitative estimate of drug-likeness (QED) is 0.808. The van der Waals surface area contributed by atoms with Gasteiger partial charge in [-0.05, 0) is 37.0 Å². The summed E-state index contributed by atoms with van der Waals surface area (Å²) in [6, 6.07) is 3.55. The van der Waals surface area contributed by atoms with Crippen molar-refractivity contribution in [2.75, 3.05) is 23.3 Å². The predicted octanol–water partition coefficient (Wildman–Crippen LogP) is 2.31. The van der Waals surface area contributed by atoms with Crippen LogP contribution in [0.4, 0.5) is 15.8 Å². The van der Waals surface area contributed by atoms with Crippen LogP contribution in [0.15, 0.2) is 12.1 Å². The fourth-order valence-corrected chi connectivity index (χ4v) is 2.59. The number of aryl methyl sites for hydroxylation is 1. The summed E-state index contributed by atoms with van der Waals surface area (Å²) in [7, 11) is 0. The molecule has 3 rings (SSSR count). The molecular weight excluding hydrogens is 219 g/mol. The summed E-state index contributed by atoms with van der Waals surface area (Å²) >= 11 is 0. The number of hydrogen-bond donors (Lipinski definition) is 1. The third-order valence-corrected chi connectivity index (χ3v) is 3.51. The Hall–Kier alpha value is -1.58. The highest BCUT2D eigenvalue weighted by atomic mass is 19.1. The Morgan fingerprint density at radius 3 is 2.71 bits per heavy atom. The van der Waals surface area contributed by atoms with Crippen LogP contribution in [0, 0.1) is 5.82 Å². The van der Waals surface area contributed by atoms with E-state index in [1.807, 2.05) is 6.07 Å². The third kappa shape index (κ3) is 1.88. The molecule has 1 amide bonds. The summed E-state index contributed by atoms with van der Waals surface area (Å²) in [6.07, 6.45) is 3.44. The van der Waals surface area contributed by atoms with E-state index in [1.54, 1.807) is 0 Å². The maximum Gasteiger partial charge on any atom is 0.224 e. The van der Waals surface area contributed by atoms with Gasteiger partial charge in [0.25, 0.3) is 0 Å². The van der Waals surface area contributed by atoms with Crippen LogP contribution < -0.4 is 10.2 Å². The Bertz CT molecular complexity index is 467. The van der Waals surface area contributed by atoms with Gasteiger partial charge in [-0.15, -0.1) is 0 Å². The Kier molecular flexibility index (Phi) is 2.50. The summed E-state index contributed by atoms with van der Waals surface area (Å²) in [5.74, 6) is -0.400. The van der Waals surface area contributed by atoms with E-state index in [-0.39, 0.29) is 11.7 Å². The molecule has 0 saturated carbocycles. The number of carbonyl (C=O) groups is 1. The van der Waals surface area contributed by atoms with Crippen molar-refractivity contribution < 1.29 is 9.18 Å². The highest BCUT2D eigenvalue weighted by Gasteiger charge is 2.21. The van der Waals surface area contributed by atoms with E-state index < -0.39 is 0 Å². The normalized spacial score (nSPS) is 19.1. The summed E-state index contributed by atoms with van der Waals surface area (Å²) in [5.41, 5.74) is 2.26. The van der Waals surface area contributed by atoms with Gasteiger partial charge in [0.2, 0.25) is 5.91 Å². The lowest BCUT2D eigenvalue weighted by molar-refractivity contribution is -0.116. The zero-order valence-electron chi connectivity index (χ0n) is 9.63. The first kappa shape index (κ1) is 10.6. The third-order valence-electron chi connectivity index (χ3n) is 3.51. The van der Waals surface area contributed by atoms with Gasteiger partial charge in [0, 0.05) is 25.2 Å². The second-order valence-electron chi connectivity index (χ2n) is 4.70. The molecule has 0 unspecified atom stereocenters. The zero-order valence-corrected chi connectivity index (χ0v) is 9.63. The number of halogens is 1. The molecule has 17 heavy (non-hydrogen) atoms. The van der Waals surface area contributed by atoms with E-state index >= 15 is 0 Å². The van der Waals surface area contributed by atoms with E-state index in [0.29, 0.717) is 18.5 Å². The molecule has 90 valence electrons. The monoisotopic (exact) mass is 234 g/mol. The maximum absolute atomic E-state index is 13.9. The standard InChI is InChI=1S/C13H15FN2O/c14-11-8-10(16-5-1-2-6-16)7-9-3-4-12(17)15-13(9)11/h7-8H,1-6H2,(H,15,17). The van der Waals surface area contributed by atoms with E-state index in [0.717, 1.165) is 24.3 Å². The van der Waals surface area contributed by atoms with Crippen molar-refractivity contribution in [2.24, 2.45) is 0 Å². The van der Waals surface area contributed by atoms with E-state index in [2.05, 4.69) is 10.2 Å². The first-order chi connectivity index (χ1) is 8.24. The first-order valence-corrected chi connectivity index (χ1v) is 6.11. The number of amides is 1. The second kappa shape index (κ2) is 4.02. The SMILES string of the molecule is O=C1CCc2cc(N3CCCC3)cc(F)c2N1. The van der Waals surface area contributed by atoms with Crippen molar-refractivity contribution in [1.82, 2.24) is 0 Å². The topological polar surface area (TPSA) is 32.3 Å². The molecule has 1 aromatic rings. The number of anilines is 2. The van der Waals surface area contributed by atoms with Crippen LogP contribution in [-0.2, 0) is 11.2 Å². The minimum atomic E-state index is -0.308. The molecule has 3 nitrogen and oxygen atoms in total. The molecule has 0 bridgehead atoms. The molecule has 4 heteroatoms. The molecule has 1 fully saturated rings. The molecule has 2 aliphatic rings. The fourth-order valence-electron chi connectivity index (χ4n) is 2.59.